The molecule has 21 heavy (non-hydrogen) atoms. The van der Waals surface area contributed by atoms with Crippen molar-refractivity contribution in [3.63, 3.8) is 0 Å². The third kappa shape index (κ3) is 3.50. The lowest BCUT2D eigenvalue weighted by atomic mass is 10.0. The Kier molecular flexibility index (Phi) is 5.50. The van der Waals surface area contributed by atoms with Crippen LogP contribution in [-0.4, -0.2) is 37.8 Å². The summed E-state index contributed by atoms with van der Waals surface area (Å²) >= 11 is 0. The van der Waals surface area contributed by atoms with Crippen molar-refractivity contribution in [3.05, 3.63) is 12.7 Å². The maximum Gasteiger partial charge on any atom is 0.245 e. The lowest BCUT2D eigenvalue weighted by Crippen LogP contribution is -2.21. The predicted molar refractivity (Wildman–Crippen MR) is 81.4 cm³/mol. The summed E-state index contributed by atoms with van der Waals surface area (Å²) in [6.07, 6.45) is 8.18. The van der Waals surface area contributed by atoms with E-state index in [1.54, 1.807) is 13.4 Å². The number of hydrogen-bond acceptors (Lipinski definition) is 5. The molecule has 6 heteroatoms. The molecule has 2 aromatic heterocycles. The minimum Gasteiger partial charge on any atom is -0.479 e. The molecule has 0 aliphatic heterocycles. The summed E-state index contributed by atoms with van der Waals surface area (Å²) in [5.41, 5.74) is 1.33. The van der Waals surface area contributed by atoms with Crippen molar-refractivity contribution in [2.45, 2.75) is 58.1 Å². The van der Waals surface area contributed by atoms with E-state index in [4.69, 9.17) is 4.74 Å². The van der Waals surface area contributed by atoms with E-state index in [1.807, 2.05) is 11.5 Å². The van der Waals surface area contributed by atoms with Crippen LogP contribution in [0.2, 0.25) is 0 Å². The Balaban J connectivity index is 2.10. The van der Waals surface area contributed by atoms with Gasteiger partial charge >= 0.3 is 0 Å². The van der Waals surface area contributed by atoms with Crippen molar-refractivity contribution in [3.8, 4) is 5.88 Å². The van der Waals surface area contributed by atoms with Gasteiger partial charge in [-0.15, -0.1) is 0 Å². The number of ether oxygens (including phenoxy) is 1. The van der Waals surface area contributed by atoms with Gasteiger partial charge in [0.05, 0.1) is 25.6 Å². The molecule has 0 amide bonds. The molecular weight excluding hydrogens is 268 g/mol. The average Bonchev–Trinajstić information content (AvgIpc) is 2.94. The second-order valence-corrected chi connectivity index (χ2v) is 5.36. The lowest BCUT2D eigenvalue weighted by molar-refractivity contribution is 0.110. The van der Waals surface area contributed by atoms with Crippen LogP contribution in [-0.2, 0) is 0 Å². The minimum atomic E-state index is -0.403. The van der Waals surface area contributed by atoms with Gasteiger partial charge in [0.1, 0.15) is 6.33 Å². The van der Waals surface area contributed by atoms with E-state index in [9.17, 15) is 5.11 Å². The van der Waals surface area contributed by atoms with E-state index in [0.29, 0.717) is 17.0 Å². The molecule has 2 heterocycles. The van der Waals surface area contributed by atoms with Crippen molar-refractivity contribution >= 4 is 11.2 Å². The standard InChI is InChI=1S/C15H24N4O2/c1-4-5-6-7-8-12(20)11(2)19-10-18-13-14(19)16-9-17-15(13)21-3/h9-12,20H,4-8H2,1-3H3/t11-,12+/m0/s1. The first-order valence-corrected chi connectivity index (χ1v) is 7.58. The van der Waals surface area contributed by atoms with E-state index in [-0.39, 0.29) is 6.04 Å². The van der Waals surface area contributed by atoms with E-state index >= 15 is 0 Å². The van der Waals surface area contributed by atoms with Crippen LogP contribution >= 0.6 is 0 Å². The summed E-state index contributed by atoms with van der Waals surface area (Å²) in [5.74, 6) is 0.461. The molecule has 0 spiro atoms. The Morgan fingerprint density at radius 1 is 1.24 bits per heavy atom. The van der Waals surface area contributed by atoms with Crippen molar-refractivity contribution in [1.29, 1.82) is 0 Å². The molecule has 2 aromatic rings. The van der Waals surface area contributed by atoms with E-state index in [2.05, 4.69) is 21.9 Å². The lowest BCUT2D eigenvalue weighted by Gasteiger charge is -2.20. The highest BCUT2D eigenvalue weighted by molar-refractivity contribution is 5.76. The van der Waals surface area contributed by atoms with Gasteiger partial charge in [-0.2, -0.15) is 4.98 Å². The highest BCUT2D eigenvalue weighted by Gasteiger charge is 2.20. The van der Waals surface area contributed by atoms with Crippen LogP contribution in [0.4, 0.5) is 0 Å². The number of nitrogens with zero attached hydrogens (tertiary/aromatic N) is 4. The summed E-state index contributed by atoms with van der Waals surface area (Å²) in [6.45, 7) is 4.17. The molecule has 0 aliphatic rings. The number of rotatable bonds is 8. The van der Waals surface area contributed by atoms with Crippen molar-refractivity contribution in [2.75, 3.05) is 7.11 Å². The van der Waals surface area contributed by atoms with Crippen molar-refractivity contribution in [1.82, 2.24) is 19.5 Å². The fourth-order valence-electron chi connectivity index (χ4n) is 2.48. The van der Waals surface area contributed by atoms with Crippen molar-refractivity contribution < 1.29 is 9.84 Å². The molecule has 0 saturated carbocycles. The number of aliphatic hydroxyl groups is 1. The van der Waals surface area contributed by atoms with Crippen LogP contribution in [0.25, 0.3) is 11.2 Å². The van der Waals surface area contributed by atoms with Crippen LogP contribution in [0, 0.1) is 0 Å². The van der Waals surface area contributed by atoms with E-state index < -0.39 is 6.10 Å². The van der Waals surface area contributed by atoms with Gasteiger partial charge in [-0.3, -0.25) is 0 Å². The molecule has 6 nitrogen and oxygen atoms in total. The van der Waals surface area contributed by atoms with Gasteiger partial charge in [0, 0.05) is 0 Å². The molecule has 2 rings (SSSR count). The largest absolute Gasteiger partial charge is 0.479 e. The van der Waals surface area contributed by atoms with Gasteiger partial charge in [0.2, 0.25) is 5.88 Å². The number of aromatic nitrogens is 4. The maximum absolute atomic E-state index is 10.4. The Morgan fingerprint density at radius 3 is 2.76 bits per heavy atom. The zero-order valence-corrected chi connectivity index (χ0v) is 13.0. The Hall–Kier alpha value is -1.69. The SMILES string of the molecule is CCCCCC[C@@H](O)[C@H](C)n1cnc2c(OC)ncnc21. The number of unbranched alkanes of at least 4 members (excludes halogenated alkanes) is 3. The Labute approximate surface area is 125 Å². The molecule has 1 N–H and O–H groups in total. The number of hydrogen-bond donors (Lipinski definition) is 1. The summed E-state index contributed by atoms with van der Waals surface area (Å²) in [6, 6.07) is -0.0729. The first kappa shape index (κ1) is 15.7. The second-order valence-electron chi connectivity index (χ2n) is 5.36. The smallest absolute Gasteiger partial charge is 0.245 e. The van der Waals surface area contributed by atoms with Crippen LogP contribution in [0.5, 0.6) is 5.88 Å². The molecule has 116 valence electrons. The molecule has 0 saturated heterocycles. The highest BCUT2D eigenvalue weighted by atomic mass is 16.5. The zero-order chi connectivity index (χ0) is 15.2. The fraction of sp³-hybridized carbons (Fsp3) is 0.667. The van der Waals surface area contributed by atoms with Crippen LogP contribution in [0.1, 0.15) is 52.0 Å². The number of fused-ring (bicyclic) bond motifs is 1. The number of aliphatic hydroxyl groups excluding tert-OH is 1. The summed E-state index contributed by atoms with van der Waals surface area (Å²) in [5, 5.41) is 10.4. The molecule has 2 atom stereocenters. The fourth-order valence-corrected chi connectivity index (χ4v) is 2.48. The van der Waals surface area contributed by atoms with E-state index in [1.165, 1.54) is 25.6 Å². The second kappa shape index (κ2) is 7.36. The highest BCUT2D eigenvalue weighted by Crippen LogP contribution is 2.24. The zero-order valence-electron chi connectivity index (χ0n) is 13.0. The average molecular weight is 292 g/mol. The van der Waals surface area contributed by atoms with Gasteiger partial charge in [-0.05, 0) is 13.3 Å². The third-order valence-corrected chi connectivity index (χ3v) is 3.87. The first-order chi connectivity index (χ1) is 10.2. The van der Waals surface area contributed by atoms with Gasteiger partial charge in [-0.1, -0.05) is 32.6 Å². The Morgan fingerprint density at radius 2 is 2.05 bits per heavy atom. The molecule has 0 unspecified atom stereocenters. The van der Waals surface area contributed by atoms with Crippen LogP contribution in [0.15, 0.2) is 12.7 Å². The first-order valence-electron chi connectivity index (χ1n) is 7.58. The molecule has 0 aliphatic carbocycles. The van der Waals surface area contributed by atoms with Crippen LogP contribution < -0.4 is 4.74 Å². The predicted octanol–water partition coefficient (Wildman–Crippen LogP) is 2.73. The molecule has 0 fully saturated rings. The van der Waals surface area contributed by atoms with E-state index in [0.717, 1.165) is 12.8 Å². The van der Waals surface area contributed by atoms with Gasteiger partial charge in [-0.25, -0.2) is 9.97 Å². The van der Waals surface area contributed by atoms with Gasteiger partial charge < -0.3 is 14.4 Å². The minimum absolute atomic E-state index is 0.0729. The maximum atomic E-state index is 10.4. The summed E-state index contributed by atoms with van der Waals surface area (Å²) in [4.78, 5) is 12.6. The molecule has 0 radical (unpaired) electrons. The monoisotopic (exact) mass is 292 g/mol. The quantitative estimate of drug-likeness (QED) is 0.757. The van der Waals surface area contributed by atoms with Gasteiger partial charge in [0.25, 0.3) is 0 Å². The Bertz CT molecular complexity index is 570. The molecular formula is C15H24N4O2. The number of methoxy groups -OCH3 is 1. The summed E-state index contributed by atoms with van der Waals surface area (Å²) in [7, 11) is 1.56. The van der Waals surface area contributed by atoms with Crippen molar-refractivity contribution in [2.24, 2.45) is 0 Å². The topological polar surface area (TPSA) is 73.1 Å². The summed E-state index contributed by atoms with van der Waals surface area (Å²) < 4.78 is 7.08. The molecule has 0 bridgehead atoms. The van der Waals surface area contributed by atoms with Gasteiger partial charge in [0.15, 0.2) is 11.2 Å². The van der Waals surface area contributed by atoms with Crippen LogP contribution in [0.3, 0.4) is 0 Å². The third-order valence-electron chi connectivity index (χ3n) is 3.87. The molecule has 0 aromatic carbocycles. The normalized spacial score (nSPS) is 14.3. The number of imidazole rings is 1.